The summed E-state index contributed by atoms with van der Waals surface area (Å²) in [5, 5.41) is 8.82. The lowest BCUT2D eigenvalue weighted by Gasteiger charge is -2.16. The summed E-state index contributed by atoms with van der Waals surface area (Å²) in [4.78, 5) is 0. The van der Waals surface area contributed by atoms with Crippen molar-refractivity contribution in [2.45, 2.75) is 45.1 Å². The molecule has 0 aliphatic heterocycles. The zero-order valence-electron chi connectivity index (χ0n) is 9.70. The lowest BCUT2D eigenvalue weighted by Crippen LogP contribution is -2.12. The predicted molar refractivity (Wildman–Crippen MR) is 63.4 cm³/mol. The van der Waals surface area contributed by atoms with Crippen molar-refractivity contribution in [2.75, 3.05) is 0 Å². The maximum absolute atomic E-state index is 8.82. The molecule has 16 heavy (non-hydrogen) atoms. The van der Waals surface area contributed by atoms with E-state index >= 15 is 0 Å². The van der Waals surface area contributed by atoms with Gasteiger partial charge in [-0.05, 0) is 44.2 Å². The summed E-state index contributed by atoms with van der Waals surface area (Å²) >= 11 is 0. The summed E-state index contributed by atoms with van der Waals surface area (Å²) in [7, 11) is 0. The molecule has 0 aromatic heterocycles. The number of nitriles is 1. The summed E-state index contributed by atoms with van der Waals surface area (Å²) in [6.45, 7) is 2.04. The molecular formula is C14H17NO. The number of rotatable bonds is 3. The Hall–Kier alpha value is -1.49. The van der Waals surface area contributed by atoms with Gasteiger partial charge in [-0.1, -0.05) is 12.1 Å². The van der Waals surface area contributed by atoms with Crippen LogP contribution in [0.15, 0.2) is 18.2 Å². The quantitative estimate of drug-likeness (QED) is 0.774. The number of hydrogen-bond donors (Lipinski definition) is 0. The van der Waals surface area contributed by atoms with Crippen molar-refractivity contribution in [3.63, 3.8) is 0 Å². The molecule has 0 bridgehead atoms. The Morgan fingerprint density at radius 2 is 2.12 bits per heavy atom. The van der Waals surface area contributed by atoms with Crippen LogP contribution >= 0.6 is 0 Å². The average molecular weight is 215 g/mol. The van der Waals surface area contributed by atoms with Crippen LogP contribution < -0.4 is 4.74 Å². The summed E-state index contributed by atoms with van der Waals surface area (Å²) in [5.41, 5.74) is 2.20. The molecule has 0 unspecified atom stereocenters. The van der Waals surface area contributed by atoms with Crippen LogP contribution in [-0.4, -0.2) is 6.10 Å². The molecule has 1 aliphatic rings. The van der Waals surface area contributed by atoms with Crippen LogP contribution in [0.3, 0.4) is 0 Å². The Morgan fingerprint density at radius 1 is 1.38 bits per heavy atom. The molecule has 1 saturated carbocycles. The predicted octanol–water partition coefficient (Wildman–Crippen LogP) is 3.38. The van der Waals surface area contributed by atoms with Gasteiger partial charge in [0.05, 0.1) is 18.6 Å². The van der Waals surface area contributed by atoms with Gasteiger partial charge in [-0.3, -0.25) is 0 Å². The van der Waals surface area contributed by atoms with Crippen LogP contribution in [0.4, 0.5) is 0 Å². The highest BCUT2D eigenvalue weighted by Gasteiger charge is 2.18. The van der Waals surface area contributed by atoms with Crippen molar-refractivity contribution in [2.24, 2.45) is 0 Å². The molecular weight excluding hydrogens is 198 g/mol. The molecule has 0 amide bonds. The molecule has 1 fully saturated rings. The summed E-state index contributed by atoms with van der Waals surface area (Å²) in [6, 6.07) is 8.23. The van der Waals surface area contributed by atoms with Crippen molar-refractivity contribution < 1.29 is 4.74 Å². The normalized spacial score (nSPS) is 16.0. The molecule has 0 N–H and O–H groups in total. The van der Waals surface area contributed by atoms with E-state index in [0.29, 0.717) is 12.5 Å². The molecule has 0 spiro atoms. The first-order valence-corrected chi connectivity index (χ1v) is 5.93. The molecule has 1 aromatic rings. The third-order valence-electron chi connectivity index (χ3n) is 3.22. The minimum absolute atomic E-state index is 0.360. The molecule has 2 heteroatoms. The Labute approximate surface area is 96.9 Å². The summed E-state index contributed by atoms with van der Waals surface area (Å²) in [5.74, 6) is 0.911. The van der Waals surface area contributed by atoms with E-state index < -0.39 is 0 Å². The fourth-order valence-electron chi connectivity index (χ4n) is 2.28. The fraction of sp³-hybridized carbons (Fsp3) is 0.500. The molecule has 0 saturated heterocycles. The number of benzene rings is 1. The maximum atomic E-state index is 8.82. The van der Waals surface area contributed by atoms with Crippen molar-refractivity contribution in [3.8, 4) is 11.8 Å². The van der Waals surface area contributed by atoms with Crippen LogP contribution in [0, 0.1) is 18.3 Å². The van der Waals surface area contributed by atoms with E-state index in [2.05, 4.69) is 6.07 Å². The largest absolute Gasteiger partial charge is 0.490 e. The van der Waals surface area contributed by atoms with E-state index in [-0.39, 0.29) is 0 Å². The van der Waals surface area contributed by atoms with Gasteiger partial charge in [-0.2, -0.15) is 5.26 Å². The number of nitrogens with zero attached hydrogens (tertiary/aromatic N) is 1. The van der Waals surface area contributed by atoms with Crippen molar-refractivity contribution in [3.05, 3.63) is 29.3 Å². The van der Waals surface area contributed by atoms with E-state index in [0.717, 1.165) is 29.7 Å². The molecule has 1 aromatic carbocycles. The van der Waals surface area contributed by atoms with E-state index in [9.17, 15) is 0 Å². The lowest BCUT2D eigenvalue weighted by atomic mass is 10.1. The van der Waals surface area contributed by atoms with Gasteiger partial charge in [0.2, 0.25) is 0 Å². The van der Waals surface area contributed by atoms with E-state index in [1.165, 1.54) is 12.8 Å². The Morgan fingerprint density at radius 3 is 2.81 bits per heavy atom. The van der Waals surface area contributed by atoms with Crippen LogP contribution in [0.2, 0.25) is 0 Å². The number of aryl methyl sites for hydroxylation is 1. The molecule has 2 nitrogen and oxygen atoms in total. The average Bonchev–Trinajstić information content (AvgIpc) is 2.76. The van der Waals surface area contributed by atoms with Gasteiger partial charge in [0.25, 0.3) is 0 Å². The lowest BCUT2D eigenvalue weighted by molar-refractivity contribution is 0.208. The topological polar surface area (TPSA) is 33.0 Å². The third-order valence-corrected chi connectivity index (χ3v) is 3.22. The van der Waals surface area contributed by atoms with Gasteiger partial charge in [-0.25, -0.2) is 0 Å². The van der Waals surface area contributed by atoms with Gasteiger partial charge in [0.15, 0.2) is 0 Å². The summed E-state index contributed by atoms with van der Waals surface area (Å²) in [6.07, 6.45) is 5.64. The SMILES string of the molecule is Cc1cccc(OC2CCCC2)c1CC#N. The van der Waals surface area contributed by atoms with Gasteiger partial charge < -0.3 is 4.74 Å². The van der Waals surface area contributed by atoms with Crippen molar-refractivity contribution >= 4 is 0 Å². The highest BCUT2D eigenvalue weighted by Crippen LogP contribution is 2.28. The molecule has 0 heterocycles. The zero-order chi connectivity index (χ0) is 11.4. The second-order valence-corrected chi connectivity index (χ2v) is 4.41. The van der Waals surface area contributed by atoms with Crippen molar-refractivity contribution in [1.29, 1.82) is 5.26 Å². The van der Waals surface area contributed by atoms with Crippen LogP contribution in [0.1, 0.15) is 36.8 Å². The smallest absolute Gasteiger partial charge is 0.124 e. The molecule has 2 rings (SSSR count). The number of hydrogen-bond acceptors (Lipinski definition) is 2. The molecule has 84 valence electrons. The van der Waals surface area contributed by atoms with Gasteiger partial charge in [-0.15, -0.1) is 0 Å². The van der Waals surface area contributed by atoms with E-state index in [1.807, 2.05) is 25.1 Å². The van der Waals surface area contributed by atoms with Crippen LogP contribution in [0.25, 0.3) is 0 Å². The van der Waals surface area contributed by atoms with Crippen LogP contribution in [-0.2, 0) is 6.42 Å². The Kier molecular flexibility index (Phi) is 3.46. The minimum Gasteiger partial charge on any atom is -0.490 e. The second kappa shape index (κ2) is 5.03. The van der Waals surface area contributed by atoms with Gasteiger partial charge >= 0.3 is 0 Å². The zero-order valence-corrected chi connectivity index (χ0v) is 9.70. The van der Waals surface area contributed by atoms with Crippen molar-refractivity contribution in [1.82, 2.24) is 0 Å². The minimum atomic E-state index is 0.360. The maximum Gasteiger partial charge on any atom is 0.124 e. The highest BCUT2D eigenvalue weighted by atomic mass is 16.5. The van der Waals surface area contributed by atoms with Gasteiger partial charge in [0.1, 0.15) is 5.75 Å². The standard InChI is InChI=1S/C14H17NO/c1-11-5-4-8-14(13(11)9-10-15)16-12-6-2-3-7-12/h4-5,8,12H,2-3,6-7,9H2,1H3. The molecule has 0 radical (unpaired) electrons. The highest BCUT2D eigenvalue weighted by molar-refractivity contribution is 5.41. The van der Waals surface area contributed by atoms with Gasteiger partial charge in [0, 0.05) is 5.56 Å². The second-order valence-electron chi connectivity index (χ2n) is 4.41. The molecule has 0 atom stereocenters. The number of ether oxygens (including phenoxy) is 1. The first-order valence-electron chi connectivity index (χ1n) is 5.93. The van der Waals surface area contributed by atoms with Crippen LogP contribution in [0.5, 0.6) is 5.75 Å². The van der Waals surface area contributed by atoms with E-state index in [1.54, 1.807) is 0 Å². The molecule has 1 aliphatic carbocycles. The monoisotopic (exact) mass is 215 g/mol. The summed E-state index contributed by atoms with van der Waals surface area (Å²) < 4.78 is 5.99. The third kappa shape index (κ3) is 2.36. The Bertz CT molecular complexity index is 400. The fourth-order valence-corrected chi connectivity index (χ4v) is 2.28. The Balaban J connectivity index is 2.18. The first kappa shape index (κ1) is 11.0. The first-order chi connectivity index (χ1) is 7.81. The van der Waals surface area contributed by atoms with E-state index in [4.69, 9.17) is 10.00 Å².